The van der Waals surface area contributed by atoms with Crippen molar-refractivity contribution >= 4 is 55.4 Å². The van der Waals surface area contributed by atoms with Gasteiger partial charge < -0.3 is 39.4 Å². The van der Waals surface area contributed by atoms with Crippen molar-refractivity contribution < 1.29 is 37.5 Å². The number of hydrogen-bond acceptors (Lipinski definition) is 15. The minimum atomic E-state index is -4.63. The third-order valence-electron chi connectivity index (χ3n) is 18.9. The van der Waals surface area contributed by atoms with Crippen LogP contribution in [0.25, 0.3) is 11.0 Å². The summed E-state index contributed by atoms with van der Waals surface area (Å²) >= 11 is 0. The van der Waals surface area contributed by atoms with Crippen LogP contribution in [-0.4, -0.2) is 140 Å². The summed E-state index contributed by atoms with van der Waals surface area (Å²) in [7, 11) is -4.63. The molecule has 0 bridgehead atoms. The Bertz CT molecular complexity index is 3150. The molecule has 2 aliphatic carbocycles. The van der Waals surface area contributed by atoms with Crippen LogP contribution >= 0.6 is 0 Å². The van der Waals surface area contributed by atoms with E-state index in [9.17, 15) is 28.4 Å². The summed E-state index contributed by atoms with van der Waals surface area (Å²) in [5, 5.41) is 26.9. The van der Waals surface area contributed by atoms with Gasteiger partial charge in [-0.25, -0.2) is 13.1 Å². The largest absolute Gasteiger partial charge is 0.468 e. The van der Waals surface area contributed by atoms with Gasteiger partial charge in [-0.2, -0.15) is 4.98 Å². The monoisotopic (exact) mass is 1100 g/mol. The number of carbonyl (C=O) groups excluding carboxylic acids is 1. The molecular weight excluding hydrogens is 1020 g/mol. The van der Waals surface area contributed by atoms with E-state index in [1.54, 1.807) is 6.07 Å². The number of amides is 1. The van der Waals surface area contributed by atoms with E-state index >= 15 is 0 Å². The fraction of sp³-hybridized carbons (Fsp3) is 0.567. The van der Waals surface area contributed by atoms with E-state index in [1.165, 1.54) is 36.1 Å². The van der Waals surface area contributed by atoms with Gasteiger partial charge in [-0.05, 0) is 154 Å². The molecule has 0 radical (unpaired) electrons. The van der Waals surface area contributed by atoms with Crippen LogP contribution in [0.4, 0.5) is 28.4 Å². The lowest BCUT2D eigenvalue weighted by Crippen LogP contribution is -2.60. The minimum absolute atomic E-state index is 0.121. The molecule has 12 rings (SSSR count). The van der Waals surface area contributed by atoms with Gasteiger partial charge in [0.1, 0.15) is 23.1 Å². The highest BCUT2D eigenvalue weighted by atomic mass is 32.2. The summed E-state index contributed by atoms with van der Waals surface area (Å²) in [4.78, 5) is 44.4. The number of ether oxygens (including phenoxy) is 3. The van der Waals surface area contributed by atoms with E-state index in [4.69, 9.17) is 19.2 Å². The predicted octanol–water partition coefficient (Wildman–Crippen LogP) is 9.29. The van der Waals surface area contributed by atoms with Crippen LogP contribution < -0.4 is 24.6 Å². The number of carbonyl (C=O) groups is 1. The standard InChI is InChI=1S/C60H77N9O9S/c1-39(2)46-6-4-5-7-47(46)54-37-65(36-41-15-27-76-28-16-41)25-26-67(54)44-33-60(34-44)20-23-66(24-21-60)43-8-10-48(51(31-43)68-50-17-29-77-38-55(50)78-58-53(68)30-42-14-22-61-56(42)63-58)57(70)64-79(74,75)45-9-11-49(52(32-45)69(72)73)62-35-40-12-18-59(3,71)19-13-40/h4-11,14,22,30-32,39-41,44,50,54-55,62,71H,12-13,15-21,23-29,33-38H2,1-3H3,(H,61,63)(H,64,70)/t40-,50-,54-,55-,59-/m0/s1. The summed E-state index contributed by atoms with van der Waals surface area (Å²) in [5.41, 5.74) is 5.07. The summed E-state index contributed by atoms with van der Waals surface area (Å²) in [6, 6.07) is 22.9. The number of aliphatic hydroxyl groups is 1. The van der Waals surface area contributed by atoms with Gasteiger partial charge in [-0.1, -0.05) is 38.1 Å². The molecule has 2 saturated carbocycles. The van der Waals surface area contributed by atoms with Crippen molar-refractivity contribution in [3.05, 3.63) is 106 Å². The Morgan fingerprint density at radius 1 is 0.899 bits per heavy atom. The number of nitrogens with zero attached hydrogens (tertiary/aromatic N) is 6. The topological polar surface area (TPSA) is 208 Å². The Morgan fingerprint density at radius 3 is 2.44 bits per heavy atom. The zero-order valence-electron chi connectivity index (χ0n) is 45.9. The second-order valence-electron chi connectivity index (χ2n) is 24.5. The van der Waals surface area contributed by atoms with Crippen LogP contribution in [0.3, 0.4) is 0 Å². The van der Waals surface area contributed by atoms with Crippen molar-refractivity contribution in [2.75, 3.05) is 87.4 Å². The average Bonchev–Trinajstić information content (AvgIpc) is 4.11. The number of fused-ring (bicyclic) bond motifs is 3. The molecule has 4 N–H and O–H groups in total. The lowest BCUT2D eigenvalue weighted by molar-refractivity contribution is -0.384. The van der Waals surface area contributed by atoms with Gasteiger partial charge in [0, 0.05) is 101 Å². The average molecular weight is 1100 g/mol. The van der Waals surface area contributed by atoms with E-state index < -0.39 is 43.1 Å². The fourth-order valence-electron chi connectivity index (χ4n) is 14.2. The van der Waals surface area contributed by atoms with E-state index in [2.05, 4.69) is 72.7 Å². The SMILES string of the molecule is CC(C)c1ccccc1[C@@H]1CN(CC2CCOCC2)CCN1C1CC2(CCN(c3ccc(C(=O)NS(=O)(=O)c4ccc(NC[C@H]5CC[C@](C)(O)CC5)c([N+](=O)[O-])c4)c(N4c5cc6cc[nH]c6nc5O[C@H]5COCC[C@@H]54)c3)CC2)C1. The van der Waals surface area contributed by atoms with Crippen LogP contribution in [0.5, 0.6) is 5.88 Å². The number of anilines is 4. The van der Waals surface area contributed by atoms with E-state index in [-0.39, 0.29) is 28.6 Å². The second kappa shape index (κ2) is 21.9. The van der Waals surface area contributed by atoms with Crippen molar-refractivity contribution in [3.63, 3.8) is 0 Å². The Hall–Kier alpha value is -5.83. The molecule has 6 fully saturated rings. The number of piperazine rings is 1. The molecule has 5 aromatic rings. The van der Waals surface area contributed by atoms with Crippen molar-refractivity contribution in [1.29, 1.82) is 0 Å². The van der Waals surface area contributed by atoms with Gasteiger partial charge in [-0.3, -0.25) is 24.7 Å². The van der Waals surface area contributed by atoms with Crippen molar-refractivity contribution in [3.8, 4) is 5.88 Å². The maximum Gasteiger partial charge on any atom is 0.293 e. The first-order chi connectivity index (χ1) is 38.1. The maximum absolute atomic E-state index is 14.8. The number of pyridine rings is 1. The van der Waals surface area contributed by atoms with Crippen molar-refractivity contribution in [1.82, 2.24) is 24.5 Å². The van der Waals surface area contributed by atoms with Crippen LogP contribution in [-0.2, 0) is 19.5 Å². The molecule has 1 amide bonds. The van der Waals surface area contributed by atoms with E-state index in [0.717, 1.165) is 108 Å². The van der Waals surface area contributed by atoms with Crippen LogP contribution in [0, 0.1) is 27.4 Å². The Morgan fingerprint density at radius 2 is 1.67 bits per heavy atom. The number of piperidine rings is 1. The number of rotatable bonds is 14. The number of nitro benzene ring substituents is 1. The number of sulfonamides is 1. The smallest absolute Gasteiger partial charge is 0.293 e. The molecule has 422 valence electrons. The summed E-state index contributed by atoms with van der Waals surface area (Å²) < 4.78 is 49.1. The van der Waals surface area contributed by atoms with Gasteiger partial charge in [-0.15, -0.1) is 0 Å². The van der Waals surface area contributed by atoms with E-state index in [0.29, 0.717) is 85.8 Å². The molecule has 0 unspecified atom stereocenters. The number of aromatic amines is 1. The number of hydrogen-bond donors (Lipinski definition) is 4. The third kappa shape index (κ3) is 11.1. The first-order valence-corrected chi connectivity index (χ1v) is 30.4. The maximum atomic E-state index is 14.8. The Kier molecular flexibility index (Phi) is 14.9. The van der Waals surface area contributed by atoms with Crippen molar-refractivity contribution in [2.24, 2.45) is 17.3 Å². The molecule has 3 aromatic carbocycles. The normalized spacial score (nSPS) is 26.1. The lowest BCUT2D eigenvalue weighted by atomic mass is 9.59. The molecule has 19 heteroatoms. The van der Waals surface area contributed by atoms with Crippen LogP contribution in [0.1, 0.15) is 125 Å². The van der Waals surface area contributed by atoms with Gasteiger partial charge in [0.25, 0.3) is 21.6 Å². The molecule has 7 heterocycles. The van der Waals surface area contributed by atoms with Gasteiger partial charge >= 0.3 is 0 Å². The van der Waals surface area contributed by atoms with Crippen molar-refractivity contribution in [2.45, 2.75) is 132 Å². The highest BCUT2D eigenvalue weighted by Crippen LogP contribution is 2.54. The molecule has 2 aromatic heterocycles. The number of nitrogens with one attached hydrogen (secondary N) is 3. The molecule has 7 aliphatic rings. The number of H-pyrrole nitrogens is 1. The first kappa shape index (κ1) is 53.8. The molecular formula is C60H77N9O9S. The van der Waals surface area contributed by atoms with E-state index in [1.807, 2.05) is 37.4 Å². The lowest BCUT2D eigenvalue weighted by Gasteiger charge is -2.58. The molecule has 3 atom stereocenters. The van der Waals surface area contributed by atoms with Gasteiger partial charge in [0.15, 0.2) is 0 Å². The van der Waals surface area contributed by atoms with Gasteiger partial charge in [0.2, 0.25) is 5.88 Å². The van der Waals surface area contributed by atoms with Gasteiger partial charge in [0.05, 0.1) is 39.3 Å². The fourth-order valence-corrected chi connectivity index (χ4v) is 15.2. The quantitative estimate of drug-likeness (QED) is 0.0604. The summed E-state index contributed by atoms with van der Waals surface area (Å²) in [5.74, 6) is 0.832. The Labute approximate surface area is 463 Å². The predicted molar refractivity (Wildman–Crippen MR) is 304 cm³/mol. The molecule has 79 heavy (non-hydrogen) atoms. The number of nitro groups is 1. The first-order valence-electron chi connectivity index (χ1n) is 29.0. The third-order valence-corrected chi connectivity index (χ3v) is 20.2. The summed E-state index contributed by atoms with van der Waals surface area (Å²) in [6.45, 7) is 15.4. The second-order valence-corrected chi connectivity index (χ2v) is 26.2. The van der Waals surface area contributed by atoms with Crippen LogP contribution in [0.15, 0.2) is 83.9 Å². The molecule has 1 spiro atoms. The number of aromatic nitrogens is 2. The molecule has 18 nitrogen and oxygen atoms in total. The molecule has 4 saturated heterocycles. The minimum Gasteiger partial charge on any atom is -0.468 e. The Balaban J connectivity index is 0.799. The zero-order valence-corrected chi connectivity index (χ0v) is 46.7. The molecule has 5 aliphatic heterocycles. The number of benzene rings is 3. The van der Waals surface area contributed by atoms with Crippen LogP contribution in [0.2, 0.25) is 0 Å². The highest BCUT2D eigenvalue weighted by Gasteiger charge is 2.51. The zero-order chi connectivity index (χ0) is 54.6. The highest BCUT2D eigenvalue weighted by molar-refractivity contribution is 7.90. The summed E-state index contributed by atoms with van der Waals surface area (Å²) in [6.07, 6.45) is 11.5.